The number of H-pyrrole nitrogens is 1. The van der Waals surface area contributed by atoms with Gasteiger partial charge in [0.25, 0.3) is 0 Å². The molecule has 0 saturated heterocycles. The molecule has 19 heavy (non-hydrogen) atoms. The Labute approximate surface area is 108 Å². The molecule has 0 aliphatic rings. The molecule has 5 heteroatoms. The lowest BCUT2D eigenvalue weighted by Gasteiger charge is -2.05. The molecular weight excluding hydrogens is 244 g/mol. The molecule has 1 aromatic carbocycles. The zero-order valence-electron chi connectivity index (χ0n) is 10.00. The van der Waals surface area contributed by atoms with Crippen LogP contribution in [0, 0.1) is 0 Å². The van der Waals surface area contributed by atoms with Gasteiger partial charge in [0.2, 0.25) is 0 Å². The van der Waals surface area contributed by atoms with E-state index in [-0.39, 0.29) is 6.42 Å². The van der Waals surface area contributed by atoms with E-state index in [1.807, 2.05) is 30.3 Å². The summed E-state index contributed by atoms with van der Waals surface area (Å²) < 4.78 is 0. The van der Waals surface area contributed by atoms with Crippen LogP contribution in [0.2, 0.25) is 0 Å². The summed E-state index contributed by atoms with van der Waals surface area (Å²) in [6, 6.07) is 9.70. The zero-order valence-corrected chi connectivity index (χ0v) is 10.00. The van der Waals surface area contributed by atoms with Crippen molar-refractivity contribution in [3.05, 3.63) is 42.2 Å². The van der Waals surface area contributed by atoms with Crippen molar-refractivity contribution in [2.75, 3.05) is 0 Å². The van der Waals surface area contributed by atoms with Crippen LogP contribution in [-0.4, -0.2) is 32.3 Å². The van der Waals surface area contributed by atoms with Crippen LogP contribution in [0.25, 0.3) is 21.8 Å². The highest BCUT2D eigenvalue weighted by Crippen LogP contribution is 2.26. The number of fused-ring (bicyclic) bond motifs is 3. The third-order valence-electron chi connectivity index (χ3n) is 3.18. The van der Waals surface area contributed by atoms with Gasteiger partial charge in [0.15, 0.2) is 6.10 Å². The molecule has 96 valence electrons. The van der Waals surface area contributed by atoms with Crippen LogP contribution in [0.15, 0.2) is 36.5 Å². The maximum Gasteiger partial charge on any atom is 0.332 e. The second kappa shape index (κ2) is 4.37. The lowest BCUT2D eigenvalue weighted by molar-refractivity contribution is -0.146. The van der Waals surface area contributed by atoms with Gasteiger partial charge in [0.05, 0.1) is 11.2 Å². The number of aromatic nitrogens is 2. The predicted molar refractivity (Wildman–Crippen MR) is 70.9 cm³/mol. The smallest absolute Gasteiger partial charge is 0.332 e. The van der Waals surface area contributed by atoms with Crippen LogP contribution in [0.5, 0.6) is 0 Å². The van der Waals surface area contributed by atoms with Gasteiger partial charge in [-0.05, 0) is 12.1 Å². The van der Waals surface area contributed by atoms with E-state index in [4.69, 9.17) is 5.11 Å². The number of nitrogens with one attached hydrogen (secondary N) is 1. The third kappa shape index (κ3) is 1.94. The molecule has 0 amide bonds. The number of aliphatic hydroxyl groups is 1. The van der Waals surface area contributed by atoms with Gasteiger partial charge in [0, 0.05) is 28.9 Å². The van der Waals surface area contributed by atoms with Gasteiger partial charge in [-0.1, -0.05) is 18.2 Å². The van der Waals surface area contributed by atoms with Crippen LogP contribution in [0.4, 0.5) is 0 Å². The summed E-state index contributed by atoms with van der Waals surface area (Å²) in [6.07, 6.45) is 0.177. The van der Waals surface area contributed by atoms with Crippen LogP contribution < -0.4 is 0 Å². The average Bonchev–Trinajstić information content (AvgIpc) is 2.78. The quantitative estimate of drug-likeness (QED) is 0.665. The Morgan fingerprint density at radius 3 is 2.84 bits per heavy atom. The minimum absolute atomic E-state index is 0.0144. The molecule has 1 atom stereocenters. The van der Waals surface area contributed by atoms with Crippen molar-refractivity contribution in [1.29, 1.82) is 0 Å². The second-order valence-corrected chi connectivity index (χ2v) is 4.41. The number of aliphatic hydroxyl groups excluding tert-OH is 1. The monoisotopic (exact) mass is 256 g/mol. The molecule has 2 aromatic heterocycles. The molecule has 0 aliphatic carbocycles. The molecule has 0 bridgehead atoms. The molecule has 2 heterocycles. The fraction of sp³-hybridized carbons (Fsp3) is 0.143. The van der Waals surface area contributed by atoms with Crippen LogP contribution in [-0.2, 0) is 11.2 Å². The number of aliphatic carboxylic acids is 1. The van der Waals surface area contributed by atoms with Crippen molar-refractivity contribution >= 4 is 27.8 Å². The first kappa shape index (κ1) is 11.7. The first-order chi connectivity index (χ1) is 9.16. The summed E-state index contributed by atoms with van der Waals surface area (Å²) in [7, 11) is 0. The molecular formula is C14H12N2O3. The van der Waals surface area contributed by atoms with Gasteiger partial charge < -0.3 is 15.2 Å². The maximum absolute atomic E-state index is 10.7. The first-order valence-corrected chi connectivity index (χ1v) is 5.92. The van der Waals surface area contributed by atoms with Gasteiger partial charge in [-0.3, -0.25) is 4.98 Å². The molecule has 5 nitrogen and oxygen atoms in total. The molecule has 0 unspecified atom stereocenters. The normalized spacial score (nSPS) is 12.9. The number of benzene rings is 1. The Hall–Kier alpha value is -2.40. The van der Waals surface area contributed by atoms with Crippen molar-refractivity contribution < 1.29 is 15.0 Å². The SMILES string of the molecule is O=C(O)[C@H](O)Cc1nccc2c1[nH]c1ccccc12. The molecule has 0 fully saturated rings. The summed E-state index contributed by atoms with van der Waals surface area (Å²) in [4.78, 5) is 18.1. The highest BCUT2D eigenvalue weighted by molar-refractivity contribution is 6.07. The fourth-order valence-corrected chi connectivity index (χ4v) is 2.26. The molecule has 0 saturated carbocycles. The summed E-state index contributed by atoms with van der Waals surface area (Å²) in [5.74, 6) is -1.24. The maximum atomic E-state index is 10.7. The van der Waals surface area contributed by atoms with E-state index in [1.54, 1.807) is 6.20 Å². The Balaban J connectivity index is 2.18. The van der Waals surface area contributed by atoms with Crippen molar-refractivity contribution in [3.8, 4) is 0 Å². The van der Waals surface area contributed by atoms with E-state index in [2.05, 4.69) is 9.97 Å². The number of hydrogen-bond donors (Lipinski definition) is 3. The number of hydrogen-bond acceptors (Lipinski definition) is 3. The van der Waals surface area contributed by atoms with Gasteiger partial charge in [0.1, 0.15) is 0 Å². The number of para-hydroxylation sites is 1. The van der Waals surface area contributed by atoms with E-state index in [0.29, 0.717) is 5.69 Å². The van der Waals surface area contributed by atoms with E-state index >= 15 is 0 Å². The van der Waals surface area contributed by atoms with Gasteiger partial charge in [-0.25, -0.2) is 4.79 Å². The highest BCUT2D eigenvalue weighted by Gasteiger charge is 2.17. The second-order valence-electron chi connectivity index (χ2n) is 4.41. The topological polar surface area (TPSA) is 86.2 Å². The van der Waals surface area contributed by atoms with E-state index in [0.717, 1.165) is 21.8 Å². The summed E-state index contributed by atoms with van der Waals surface area (Å²) >= 11 is 0. The fourth-order valence-electron chi connectivity index (χ4n) is 2.26. The number of nitrogens with zero attached hydrogens (tertiary/aromatic N) is 1. The lowest BCUT2D eigenvalue weighted by Crippen LogP contribution is -2.22. The average molecular weight is 256 g/mol. The minimum Gasteiger partial charge on any atom is -0.479 e. The van der Waals surface area contributed by atoms with Crippen molar-refractivity contribution in [2.24, 2.45) is 0 Å². The lowest BCUT2D eigenvalue weighted by atomic mass is 10.1. The molecule has 0 radical (unpaired) electrons. The number of aromatic amines is 1. The van der Waals surface area contributed by atoms with Crippen molar-refractivity contribution in [2.45, 2.75) is 12.5 Å². The Bertz CT molecular complexity index is 764. The number of carboxylic acids is 1. The van der Waals surface area contributed by atoms with Gasteiger partial charge in [-0.2, -0.15) is 0 Å². The molecule has 0 spiro atoms. The van der Waals surface area contributed by atoms with Crippen LogP contribution in [0.1, 0.15) is 5.69 Å². The van der Waals surface area contributed by atoms with Crippen molar-refractivity contribution in [3.63, 3.8) is 0 Å². The van der Waals surface area contributed by atoms with E-state index in [9.17, 15) is 9.90 Å². The van der Waals surface area contributed by atoms with Crippen LogP contribution in [0.3, 0.4) is 0 Å². The number of pyridine rings is 1. The Kier molecular flexibility index (Phi) is 2.68. The summed E-state index contributed by atoms with van der Waals surface area (Å²) in [5.41, 5.74) is 2.31. The number of carboxylic acid groups (broad SMARTS) is 1. The van der Waals surface area contributed by atoms with E-state index < -0.39 is 12.1 Å². The molecule has 3 aromatic rings. The van der Waals surface area contributed by atoms with Gasteiger partial charge >= 0.3 is 5.97 Å². The standard InChI is InChI=1S/C14H12N2O3/c17-12(14(18)19)7-11-13-9(5-6-15-11)8-3-1-2-4-10(8)16-13/h1-6,12,16-17H,7H2,(H,18,19)/t12-/m1/s1. The Morgan fingerprint density at radius 2 is 2.05 bits per heavy atom. The van der Waals surface area contributed by atoms with Gasteiger partial charge in [-0.15, -0.1) is 0 Å². The molecule has 3 rings (SSSR count). The third-order valence-corrected chi connectivity index (χ3v) is 3.18. The van der Waals surface area contributed by atoms with E-state index in [1.165, 1.54) is 0 Å². The molecule has 3 N–H and O–H groups in total. The first-order valence-electron chi connectivity index (χ1n) is 5.92. The minimum atomic E-state index is -1.44. The molecule has 0 aliphatic heterocycles. The summed E-state index contributed by atoms with van der Waals surface area (Å²) in [5, 5.41) is 20.3. The summed E-state index contributed by atoms with van der Waals surface area (Å²) in [6.45, 7) is 0. The predicted octanol–water partition coefficient (Wildman–Crippen LogP) is 1.70. The zero-order chi connectivity index (χ0) is 13.4. The highest BCUT2D eigenvalue weighted by atomic mass is 16.4. The van der Waals surface area contributed by atoms with Crippen molar-refractivity contribution in [1.82, 2.24) is 9.97 Å². The van der Waals surface area contributed by atoms with Crippen LogP contribution >= 0.6 is 0 Å². The number of carbonyl (C=O) groups is 1. The largest absolute Gasteiger partial charge is 0.479 e. The Morgan fingerprint density at radius 1 is 1.26 bits per heavy atom. The number of rotatable bonds is 3.